The molecule has 0 bridgehead atoms. The highest BCUT2D eigenvalue weighted by Gasteiger charge is 2.22. The Kier molecular flexibility index (Phi) is 3.77. The molecule has 5 heteroatoms. The quantitative estimate of drug-likeness (QED) is 0.339. The number of anilines is 1. The molecule has 1 rings (SSSR count). The lowest BCUT2D eigenvalue weighted by Gasteiger charge is -2.05. The number of hydrogen-bond acceptors (Lipinski definition) is 5. The van der Waals surface area contributed by atoms with Crippen molar-refractivity contribution in [2.45, 2.75) is 6.92 Å². The molecule has 5 nitrogen and oxygen atoms in total. The molecule has 0 heterocycles. The summed E-state index contributed by atoms with van der Waals surface area (Å²) in [5, 5.41) is 7.56. The van der Waals surface area contributed by atoms with Gasteiger partial charge in [0.15, 0.2) is 0 Å². The highest BCUT2D eigenvalue weighted by Crippen LogP contribution is 2.11. The lowest BCUT2D eigenvalue weighted by atomic mass is 10.0. The van der Waals surface area contributed by atoms with Crippen LogP contribution in [0.25, 0.3) is 0 Å². The molecule has 0 radical (unpaired) electrons. The van der Waals surface area contributed by atoms with E-state index in [0.717, 1.165) is 0 Å². The molecule has 0 unspecified atom stereocenters. The summed E-state index contributed by atoms with van der Waals surface area (Å²) in [7, 11) is 0. The Labute approximate surface area is 92.7 Å². The maximum absolute atomic E-state index is 11.4. The number of ether oxygens (including phenoxy) is 1. The van der Waals surface area contributed by atoms with Gasteiger partial charge in [0.25, 0.3) is 5.78 Å². The monoisotopic (exact) mass is 220 g/mol. The minimum atomic E-state index is -1.03. The van der Waals surface area contributed by atoms with Crippen molar-refractivity contribution in [2.75, 3.05) is 12.3 Å². The van der Waals surface area contributed by atoms with Crippen LogP contribution in [0.1, 0.15) is 12.5 Å². The second-order valence-corrected chi connectivity index (χ2v) is 3.01. The summed E-state index contributed by atoms with van der Waals surface area (Å²) in [6, 6.07) is 6.39. The van der Waals surface area contributed by atoms with Crippen LogP contribution in [0.3, 0.4) is 0 Å². The van der Waals surface area contributed by atoms with E-state index in [1.54, 1.807) is 25.1 Å². The average Bonchev–Trinajstić information content (AvgIpc) is 2.28. The molecule has 84 valence electrons. The van der Waals surface area contributed by atoms with Gasteiger partial charge in [0, 0.05) is 11.3 Å². The van der Waals surface area contributed by atoms with Gasteiger partial charge in [-0.3, -0.25) is 10.2 Å². The highest BCUT2D eigenvalue weighted by atomic mass is 16.5. The second-order valence-electron chi connectivity index (χ2n) is 3.01. The fraction of sp³-hybridized carbons (Fsp3) is 0.182. The van der Waals surface area contributed by atoms with Crippen molar-refractivity contribution >= 4 is 23.2 Å². The highest BCUT2D eigenvalue weighted by molar-refractivity contribution is 6.66. The Hall–Kier alpha value is -2.17. The molecule has 0 aliphatic carbocycles. The molecular weight excluding hydrogens is 208 g/mol. The van der Waals surface area contributed by atoms with Crippen molar-refractivity contribution < 1.29 is 14.3 Å². The molecule has 0 aromatic heterocycles. The summed E-state index contributed by atoms with van der Waals surface area (Å²) in [6.07, 6.45) is 0. The zero-order valence-corrected chi connectivity index (χ0v) is 8.82. The van der Waals surface area contributed by atoms with E-state index in [0.29, 0.717) is 0 Å². The first-order valence-electron chi connectivity index (χ1n) is 4.72. The van der Waals surface area contributed by atoms with Crippen LogP contribution in [-0.4, -0.2) is 24.1 Å². The predicted molar refractivity (Wildman–Crippen MR) is 59.3 cm³/mol. The van der Waals surface area contributed by atoms with Crippen molar-refractivity contribution in [3.8, 4) is 0 Å². The minimum absolute atomic E-state index is 0.0993. The number of esters is 1. The number of Topliss-reactive ketones (excluding diaryl/α,β-unsaturated/α-hetero) is 1. The molecule has 0 fully saturated rings. The molecule has 16 heavy (non-hydrogen) atoms. The third-order valence-electron chi connectivity index (χ3n) is 1.92. The van der Waals surface area contributed by atoms with Crippen molar-refractivity contribution in [2.24, 2.45) is 0 Å². The average molecular weight is 220 g/mol. The van der Waals surface area contributed by atoms with Crippen LogP contribution < -0.4 is 5.73 Å². The van der Waals surface area contributed by atoms with E-state index in [-0.39, 0.29) is 17.9 Å². The molecule has 1 aromatic carbocycles. The number of ketones is 1. The second kappa shape index (κ2) is 5.06. The van der Waals surface area contributed by atoms with Crippen LogP contribution in [0, 0.1) is 5.41 Å². The molecule has 0 saturated carbocycles. The standard InChI is InChI=1S/C11H12N2O3/c1-2-16-11(15)10(14)9(13)7-5-3-4-6-8(7)12/h3-6,13H,2,12H2,1H3. The van der Waals surface area contributed by atoms with Crippen LogP contribution in [-0.2, 0) is 14.3 Å². The fourth-order valence-corrected chi connectivity index (χ4v) is 1.15. The topological polar surface area (TPSA) is 93.2 Å². The normalized spacial score (nSPS) is 9.56. The molecule has 0 saturated heterocycles. The lowest BCUT2D eigenvalue weighted by molar-refractivity contribution is -0.150. The summed E-state index contributed by atoms with van der Waals surface area (Å²) in [5.74, 6) is -2.02. The van der Waals surface area contributed by atoms with E-state index in [1.807, 2.05) is 0 Å². The molecule has 0 aliphatic heterocycles. The zero-order chi connectivity index (χ0) is 12.1. The van der Waals surface area contributed by atoms with Crippen molar-refractivity contribution in [1.29, 1.82) is 5.41 Å². The lowest BCUT2D eigenvalue weighted by Crippen LogP contribution is -2.26. The number of para-hydroxylation sites is 1. The van der Waals surface area contributed by atoms with Gasteiger partial charge in [0.05, 0.1) is 6.61 Å². The first-order chi connectivity index (χ1) is 7.57. The third-order valence-corrected chi connectivity index (χ3v) is 1.92. The smallest absolute Gasteiger partial charge is 0.381 e. The summed E-state index contributed by atoms with van der Waals surface area (Å²) >= 11 is 0. The van der Waals surface area contributed by atoms with Crippen LogP contribution in [0.4, 0.5) is 5.69 Å². The Morgan fingerprint density at radius 3 is 2.56 bits per heavy atom. The van der Waals surface area contributed by atoms with E-state index >= 15 is 0 Å². The number of carbonyl (C=O) groups excluding carboxylic acids is 2. The van der Waals surface area contributed by atoms with Crippen LogP contribution in [0.15, 0.2) is 24.3 Å². The predicted octanol–water partition coefficient (Wildman–Crippen LogP) is 0.769. The van der Waals surface area contributed by atoms with E-state index < -0.39 is 17.5 Å². The molecule has 0 amide bonds. The first kappa shape index (κ1) is 11.9. The number of hydrogen-bond donors (Lipinski definition) is 2. The van der Waals surface area contributed by atoms with Crippen molar-refractivity contribution in [3.05, 3.63) is 29.8 Å². The Morgan fingerprint density at radius 2 is 2.00 bits per heavy atom. The summed E-state index contributed by atoms with van der Waals surface area (Å²) < 4.78 is 4.52. The molecule has 0 atom stereocenters. The summed E-state index contributed by atoms with van der Waals surface area (Å²) in [6.45, 7) is 1.69. The van der Waals surface area contributed by atoms with Crippen molar-refractivity contribution in [1.82, 2.24) is 0 Å². The minimum Gasteiger partial charge on any atom is -0.460 e. The largest absolute Gasteiger partial charge is 0.460 e. The Morgan fingerprint density at radius 1 is 1.38 bits per heavy atom. The number of nitrogens with one attached hydrogen (secondary N) is 1. The van der Waals surface area contributed by atoms with Crippen LogP contribution in [0.2, 0.25) is 0 Å². The number of benzene rings is 1. The zero-order valence-electron chi connectivity index (χ0n) is 8.82. The maximum atomic E-state index is 11.4. The summed E-state index contributed by atoms with van der Waals surface area (Å²) in [5.41, 5.74) is 5.66. The maximum Gasteiger partial charge on any atom is 0.381 e. The van der Waals surface area contributed by atoms with Gasteiger partial charge in [-0.1, -0.05) is 18.2 Å². The number of rotatable bonds is 4. The van der Waals surface area contributed by atoms with E-state index in [4.69, 9.17) is 11.1 Å². The van der Waals surface area contributed by atoms with Crippen LogP contribution >= 0.6 is 0 Å². The fourth-order valence-electron chi connectivity index (χ4n) is 1.15. The number of carbonyl (C=O) groups is 2. The van der Waals surface area contributed by atoms with E-state index in [1.165, 1.54) is 6.07 Å². The van der Waals surface area contributed by atoms with E-state index in [2.05, 4.69) is 4.74 Å². The van der Waals surface area contributed by atoms with Gasteiger partial charge in [-0.2, -0.15) is 0 Å². The van der Waals surface area contributed by atoms with Gasteiger partial charge in [-0.05, 0) is 13.0 Å². The van der Waals surface area contributed by atoms with Gasteiger partial charge in [0.2, 0.25) is 0 Å². The molecule has 0 spiro atoms. The van der Waals surface area contributed by atoms with Gasteiger partial charge >= 0.3 is 5.97 Å². The SMILES string of the molecule is CCOC(=O)C(=O)C(=N)c1ccccc1N. The van der Waals surface area contributed by atoms with Gasteiger partial charge in [-0.25, -0.2) is 4.79 Å². The number of nitrogen functional groups attached to an aromatic ring is 1. The van der Waals surface area contributed by atoms with Gasteiger partial charge in [0.1, 0.15) is 5.71 Å². The number of nitrogens with two attached hydrogens (primary N) is 1. The van der Waals surface area contributed by atoms with Crippen LogP contribution in [0.5, 0.6) is 0 Å². The first-order valence-corrected chi connectivity index (χ1v) is 4.72. The third kappa shape index (κ3) is 2.44. The Balaban J connectivity index is 2.91. The molecule has 1 aromatic rings. The summed E-state index contributed by atoms with van der Waals surface area (Å²) in [4.78, 5) is 22.5. The molecule has 3 N–H and O–H groups in total. The van der Waals surface area contributed by atoms with Gasteiger partial charge < -0.3 is 10.5 Å². The van der Waals surface area contributed by atoms with Crippen molar-refractivity contribution in [3.63, 3.8) is 0 Å². The van der Waals surface area contributed by atoms with Gasteiger partial charge in [-0.15, -0.1) is 0 Å². The molecular formula is C11H12N2O3. The van der Waals surface area contributed by atoms with E-state index in [9.17, 15) is 9.59 Å². The Bertz CT molecular complexity index is 441. The molecule has 0 aliphatic rings.